The van der Waals surface area contributed by atoms with E-state index in [1.165, 1.54) is 30.5 Å². The van der Waals surface area contributed by atoms with Crippen LogP contribution in [0.3, 0.4) is 0 Å². The maximum absolute atomic E-state index is 6.27. The lowest BCUT2D eigenvalue weighted by molar-refractivity contribution is 0.711. The summed E-state index contributed by atoms with van der Waals surface area (Å²) >= 11 is 6.27. The normalized spacial score (nSPS) is 11.8. The lowest BCUT2D eigenvalue weighted by Crippen LogP contribution is -1.99. The van der Waals surface area contributed by atoms with Gasteiger partial charge >= 0.3 is 0 Å². The van der Waals surface area contributed by atoms with Crippen molar-refractivity contribution in [3.05, 3.63) is 34.8 Å². The number of aromatic nitrogens is 3. The van der Waals surface area contributed by atoms with Crippen molar-refractivity contribution >= 4 is 22.5 Å². The van der Waals surface area contributed by atoms with Crippen LogP contribution in [-0.4, -0.2) is 14.8 Å². The van der Waals surface area contributed by atoms with Gasteiger partial charge in [-0.05, 0) is 32.3 Å². The van der Waals surface area contributed by atoms with E-state index < -0.39 is 0 Å². The number of fused-ring (bicyclic) bond motifs is 1. The van der Waals surface area contributed by atoms with Crippen molar-refractivity contribution < 1.29 is 0 Å². The topological polar surface area (TPSA) is 30.7 Å². The molecule has 3 nitrogen and oxygen atoms in total. The van der Waals surface area contributed by atoms with Gasteiger partial charge in [-0.2, -0.15) is 5.10 Å². The van der Waals surface area contributed by atoms with Crippen molar-refractivity contribution in [3.63, 3.8) is 0 Å². The van der Waals surface area contributed by atoms with Crippen molar-refractivity contribution in [1.29, 1.82) is 0 Å². The van der Waals surface area contributed by atoms with Gasteiger partial charge in [0.25, 0.3) is 0 Å². The molecular formula is C16H22ClN3. The van der Waals surface area contributed by atoms with Gasteiger partial charge < -0.3 is 4.57 Å². The Bertz CT molecular complexity index is 614. The number of aryl methyl sites for hydroxylation is 1. The molecule has 0 aliphatic carbocycles. The first-order valence-corrected chi connectivity index (χ1v) is 7.68. The summed E-state index contributed by atoms with van der Waals surface area (Å²) in [6.45, 7) is 7.26. The van der Waals surface area contributed by atoms with E-state index in [1.807, 2.05) is 13.1 Å². The molecule has 0 N–H and O–H groups in total. The molecule has 0 aromatic carbocycles. The Morgan fingerprint density at radius 1 is 1.35 bits per heavy atom. The highest BCUT2D eigenvalue weighted by Crippen LogP contribution is 2.30. The lowest BCUT2D eigenvalue weighted by atomic mass is 10.1. The Morgan fingerprint density at radius 3 is 2.85 bits per heavy atom. The van der Waals surface area contributed by atoms with Crippen LogP contribution in [0.4, 0.5) is 0 Å². The summed E-state index contributed by atoms with van der Waals surface area (Å²) in [5.74, 6) is 0. The number of hydrogen-bond donors (Lipinski definition) is 0. The van der Waals surface area contributed by atoms with Gasteiger partial charge in [-0.25, -0.2) is 0 Å². The summed E-state index contributed by atoms with van der Waals surface area (Å²) < 4.78 is 2.24. The molecule has 0 unspecified atom stereocenters. The first kappa shape index (κ1) is 15.0. The van der Waals surface area contributed by atoms with Crippen molar-refractivity contribution in [2.45, 2.75) is 53.0 Å². The summed E-state index contributed by atoms with van der Waals surface area (Å²) in [5, 5.41) is 9.67. The van der Waals surface area contributed by atoms with E-state index >= 15 is 0 Å². The maximum atomic E-state index is 6.27. The van der Waals surface area contributed by atoms with Crippen LogP contribution in [-0.2, 0) is 13.0 Å². The minimum Gasteiger partial charge on any atom is -0.338 e. The monoisotopic (exact) mass is 291 g/mol. The molecule has 0 saturated heterocycles. The van der Waals surface area contributed by atoms with Gasteiger partial charge in [0, 0.05) is 17.6 Å². The molecule has 2 aromatic heterocycles. The standard InChI is InChI=1S/C16H22ClN3/c1-4-6-8-9-13-12(3)20(10-7-5-2)15-14(13)11-18-19-16(15)17/h5,7,11H,4,6,8-10H2,1-3H3/b7-5+. The number of rotatable bonds is 6. The van der Waals surface area contributed by atoms with Crippen molar-refractivity contribution in [3.8, 4) is 0 Å². The highest BCUT2D eigenvalue weighted by molar-refractivity contribution is 6.33. The third-order valence-electron chi connectivity index (χ3n) is 3.77. The molecule has 4 heteroatoms. The molecule has 2 heterocycles. The number of allylic oxidation sites excluding steroid dienone is 2. The highest BCUT2D eigenvalue weighted by atomic mass is 35.5. The van der Waals surface area contributed by atoms with Crippen molar-refractivity contribution in [2.75, 3.05) is 0 Å². The van der Waals surface area contributed by atoms with E-state index in [4.69, 9.17) is 11.6 Å². The van der Waals surface area contributed by atoms with Gasteiger partial charge in [0.2, 0.25) is 0 Å². The fourth-order valence-corrected chi connectivity index (χ4v) is 2.91. The minimum absolute atomic E-state index is 0.497. The molecule has 0 fully saturated rings. The summed E-state index contributed by atoms with van der Waals surface area (Å²) in [4.78, 5) is 0. The van der Waals surface area contributed by atoms with E-state index in [9.17, 15) is 0 Å². The summed E-state index contributed by atoms with van der Waals surface area (Å²) in [6.07, 6.45) is 10.8. The van der Waals surface area contributed by atoms with Crippen molar-refractivity contribution in [2.24, 2.45) is 0 Å². The molecule has 0 atom stereocenters. The first-order valence-electron chi connectivity index (χ1n) is 7.30. The average molecular weight is 292 g/mol. The summed E-state index contributed by atoms with van der Waals surface area (Å²) in [5.41, 5.74) is 3.67. The minimum atomic E-state index is 0.497. The fraction of sp³-hybridized carbons (Fsp3) is 0.500. The molecule has 2 rings (SSSR count). The van der Waals surface area contributed by atoms with Gasteiger partial charge in [-0.3, -0.25) is 0 Å². The SMILES string of the molecule is C/C=C/Cn1c(C)c(CCCCC)c2cnnc(Cl)c21. The molecule has 0 spiro atoms. The van der Waals surface area contributed by atoms with E-state index in [1.54, 1.807) is 0 Å². The Balaban J connectivity index is 2.51. The quantitative estimate of drug-likeness (QED) is 0.570. The third-order valence-corrected chi connectivity index (χ3v) is 4.03. The number of halogens is 1. The van der Waals surface area contributed by atoms with Crippen LogP contribution >= 0.6 is 11.6 Å². The van der Waals surface area contributed by atoms with Gasteiger partial charge in [0.15, 0.2) is 5.15 Å². The largest absolute Gasteiger partial charge is 0.338 e. The predicted octanol–water partition coefficient (Wildman–Crippen LogP) is 4.70. The van der Waals surface area contributed by atoms with Crippen LogP contribution < -0.4 is 0 Å². The third kappa shape index (κ3) is 2.88. The van der Waals surface area contributed by atoms with Crippen molar-refractivity contribution in [1.82, 2.24) is 14.8 Å². The molecule has 0 aliphatic heterocycles. The van der Waals surface area contributed by atoms with Crippen LogP contribution in [0.1, 0.15) is 44.4 Å². The molecule has 0 saturated carbocycles. The van der Waals surface area contributed by atoms with E-state index in [0.29, 0.717) is 5.15 Å². The zero-order chi connectivity index (χ0) is 14.5. The van der Waals surface area contributed by atoms with Crippen LogP contribution in [0.5, 0.6) is 0 Å². The summed E-state index contributed by atoms with van der Waals surface area (Å²) in [7, 11) is 0. The second kappa shape index (κ2) is 6.89. The molecule has 108 valence electrons. The number of unbranched alkanes of at least 4 members (excludes halogenated alkanes) is 2. The van der Waals surface area contributed by atoms with Crippen LogP contribution in [0.25, 0.3) is 10.9 Å². The van der Waals surface area contributed by atoms with E-state index in [2.05, 4.69) is 40.8 Å². The Labute approximate surface area is 125 Å². The zero-order valence-electron chi connectivity index (χ0n) is 12.5. The molecule has 0 bridgehead atoms. The van der Waals surface area contributed by atoms with Crippen LogP contribution in [0, 0.1) is 6.92 Å². The van der Waals surface area contributed by atoms with E-state index in [0.717, 1.165) is 23.9 Å². The molecule has 20 heavy (non-hydrogen) atoms. The molecule has 2 aromatic rings. The zero-order valence-corrected chi connectivity index (χ0v) is 13.2. The number of hydrogen-bond acceptors (Lipinski definition) is 2. The first-order chi connectivity index (χ1) is 9.70. The summed E-state index contributed by atoms with van der Waals surface area (Å²) in [6, 6.07) is 0. The maximum Gasteiger partial charge on any atom is 0.175 e. The Kier molecular flexibility index (Phi) is 5.18. The van der Waals surface area contributed by atoms with Gasteiger partial charge in [-0.15, -0.1) is 5.10 Å². The van der Waals surface area contributed by atoms with Gasteiger partial charge in [0.05, 0.1) is 11.7 Å². The second-order valence-corrected chi connectivity index (χ2v) is 5.46. The Hall–Kier alpha value is -1.35. The smallest absolute Gasteiger partial charge is 0.175 e. The number of nitrogens with zero attached hydrogens (tertiary/aromatic N) is 3. The highest BCUT2D eigenvalue weighted by Gasteiger charge is 2.16. The fourth-order valence-electron chi connectivity index (χ4n) is 2.67. The van der Waals surface area contributed by atoms with E-state index in [-0.39, 0.29) is 0 Å². The van der Waals surface area contributed by atoms with Gasteiger partial charge in [-0.1, -0.05) is 43.5 Å². The Morgan fingerprint density at radius 2 is 2.15 bits per heavy atom. The molecule has 0 aliphatic rings. The van der Waals surface area contributed by atoms with Crippen LogP contribution in [0.2, 0.25) is 5.15 Å². The molecular weight excluding hydrogens is 270 g/mol. The predicted molar refractivity (Wildman–Crippen MR) is 85.3 cm³/mol. The van der Waals surface area contributed by atoms with Gasteiger partial charge in [0.1, 0.15) is 0 Å². The molecule has 0 amide bonds. The average Bonchev–Trinajstić information content (AvgIpc) is 2.71. The lowest BCUT2D eigenvalue weighted by Gasteiger charge is -2.06. The van der Waals surface area contributed by atoms with Crippen LogP contribution in [0.15, 0.2) is 18.3 Å². The second-order valence-electron chi connectivity index (χ2n) is 5.10. The molecule has 0 radical (unpaired) electrons.